The number of ether oxygens (including phenoxy) is 3. The van der Waals surface area contributed by atoms with E-state index >= 15 is 0 Å². The van der Waals surface area contributed by atoms with Gasteiger partial charge in [-0.1, -0.05) is 53.9 Å². The van der Waals surface area contributed by atoms with Gasteiger partial charge in [0.25, 0.3) is 0 Å². The molecule has 214 valence electrons. The van der Waals surface area contributed by atoms with E-state index < -0.39 is 11.9 Å². The summed E-state index contributed by atoms with van der Waals surface area (Å²) in [5.74, 6) is 4.78. The van der Waals surface area contributed by atoms with Crippen LogP contribution in [0.15, 0.2) is 0 Å². The van der Waals surface area contributed by atoms with Crippen molar-refractivity contribution in [3.8, 4) is 0 Å². The lowest BCUT2D eigenvalue weighted by molar-refractivity contribution is -0.304. The molecule has 0 amide bonds. The molecule has 4 nitrogen and oxygen atoms in total. The Kier molecular flexibility index (Phi) is 8.19. The van der Waals surface area contributed by atoms with E-state index in [1.807, 2.05) is 6.92 Å². The summed E-state index contributed by atoms with van der Waals surface area (Å²) in [6.45, 7) is 17.8. The fourth-order valence-corrected chi connectivity index (χ4v) is 10.7. The first kappa shape index (κ1) is 28.4. The van der Waals surface area contributed by atoms with Gasteiger partial charge < -0.3 is 19.3 Å². The van der Waals surface area contributed by atoms with Crippen LogP contribution in [0.1, 0.15) is 119 Å². The Balaban J connectivity index is 1.37. The minimum atomic E-state index is -0.443. The summed E-state index contributed by atoms with van der Waals surface area (Å²) in [5, 5.41) is 9.83. The van der Waals surface area contributed by atoms with E-state index in [0.717, 1.165) is 55.5 Å². The average Bonchev–Trinajstić information content (AvgIpc) is 3.38. The van der Waals surface area contributed by atoms with Crippen LogP contribution in [0.25, 0.3) is 0 Å². The zero-order chi connectivity index (χ0) is 26.6. The van der Waals surface area contributed by atoms with E-state index in [-0.39, 0.29) is 17.6 Å². The molecule has 4 heteroatoms. The molecular weight excluding hydrogens is 460 g/mol. The lowest BCUT2D eigenvalue weighted by Gasteiger charge is -2.65. The Labute approximate surface area is 228 Å². The monoisotopic (exact) mass is 518 g/mol. The highest BCUT2D eigenvalue weighted by atomic mass is 16.7. The van der Waals surface area contributed by atoms with Crippen molar-refractivity contribution in [1.82, 2.24) is 0 Å². The maximum Gasteiger partial charge on any atom is 0.172 e. The van der Waals surface area contributed by atoms with Crippen LogP contribution < -0.4 is 0 Å². The first-order valence-corrected chi connectivity index (χ1v) is 16.1. The van der Waals surface area contributed by atoms with Crippen molar-refractivity contribution in [2.24, 2.45) is 52.3 Å². The highest BCUT2D eigenvalue weighted by molar-refractivity contribution is 5.14. The molecule has 1 spiro atoms. The Morgan fingerprint density at radius 3 is 2.35 bits per heavy atom. The van der Waals surface area contributed by atoms with Crippen molar-refractivity contribution in [2.75, 3.05) is 13.2 Å². The number of rotatable bonds is 8. The fraction of sp³-hybridized carbons (Fsp3) is 1.00. The molecule has 0 bridgehead atoms. The second-order valence-electron chi connectivity index (χ2n) is 15.3. The van der Waals surface area contributed by atoms with Crippen LogP contribution in [-0.2, 0) is 14.2 Å². The minimum Gasteiger partial charge on any atom is -0.391 e. The van der Waals surface area contributed by atoms with Crippen molar-refractivity contribution in [3.63, 3.8) is 0 Å². The van der Waals surface area contributed by atoms with Crippen LogP contribution in [0.4, 0.5) is 0 Å². The molecule has 5 rings (SSSR count). The van der Waals surface area contributed by atoms with Crippen molar-refractivity contribution >= 4 is 0 Å². The lowest BCUT2D eigenvalue weighted by Crippen LogP contribution is -2.63. The third-order valence-corrected chi connectivity index (χ3v) is 12.4. The van der Waals surface area contributed by atoms with E-state index in [0.29, 0.717) is 23.9 Å². The van der Waals surface area contributed by atoms with Gasteiger partial charge >= 0.3 is 0 Å². The summed E-state index contributed by atoms with van der Waals surface area (Å²) in [5.41, 5.74) is 0.727. The van der Waals surface area contributed by atoms with Crippen molar-refractivity contribution < 1.29 is 19.3 Å². The number of aliphatic hydroxyl groups excluding tert-OH is 1. The minimum absolute atomic E-state index is 0.173. The third kappa shape index (κ3) is 5.08. The molecule has 1 saturated heterocycles. The summed E-state index contributed by atoms with van der Waals surface area (Å²) in [4.78, 5) is 0. The molecule has 37 heavy (non-hydrogen) atoms. The molecule has 1 heterocycles. The average molecular weight is 519 g/mol. The summed E-state index contributed by atoms with van der Waals surface area (Å²) < 4.78 is 19.8. The van der Waals surface area contributed by atoms with Crippen LogP contribution >= 0.6 is 0 Å². The first-order chi connectivity index (χ1) is 17.5. The number of fused-ring (bicyclic) bond motifs is 6. The largest absolute Gasteiger partial charge is 0.391 e. The second-order valence-corrected chi connectivity index (χ2v) is 15.3. The Morgan fingerprint density at radius 2 is 1.68 bits per heavy atom. The normalized spacial score (nSPS) is 49.1. The molecule has 1 aliphatic heterocycles. The Bertz CT molecular complexity index is 780. The van der Waals surface area contributed by atoms with E-state index in [1.165, 1.54) is 51.4 Å². The number of aliphatic hydroxyl groups is 1. The summed E-state index contributed by atoms with van der Waals surface area (Å²) in [6.07, 6.45) is 14.2. The van der Waals surface area contributed by atoms with Gasteiger partial charge in [-0.3, -0.25) is 0 Å². The molecular formula is C33H58O4. The standard InChI is InChI=1S/C33H58O4/c1-21(2)9-8-10-22(3)27-11-12-28-26-18-33(36-20-24(5)37-33)30-17-25(35-19-23(4)34)13-15-32(30,7)29(26)14-16-31(27,28)6/h21-30,34H,8-20H2,1-7H3/t22-,23?,24?,25+,26+,27-,28+,29+,30+,31-,32-,33?/m1/s1. The van der Waals surface area contributed by atoms with Crippen LogP contribution in [0.3, 0.4) is 0 Å². The molecule has 4 aliphatic carbocycles. The van der Waals surface area contributed by atoms with Gasteiger partial charge in [0.1, 0.15) is 0 Å². The summed E-state index contributed by atoms with van der Waals surface area (Å²) in [6, 6.07) is 0. The Morgan fingerprint density at radius 1 is 0.946 bits per heavy atom. The van der Waals surface area contributed by atoms with Crippen molar-refractivity contribution in [2.45, 2.75) is 143 Å². The molecule has 0 radical (unpaired) electrons. The van der Waals surface area contributed by atoms with Gasteiger partial charge in [0, 0.05) is 12.3 Å². The molecule has 0 aromatic heterocycles. The number of hydrogen-bond donors (Lipinski definition) is 1. The topological polar surface area (TPSA) is 47.9 Å². The van der Waals surface area contributed by atoms with Crippen molar-refractivity contribution in [1.29, 1.82) is 0 Å². The van der Waals surface area contributed by atoms with Gasteiger partial charge in [0.05, 0.1) is 31.5 Å². The van der Waals surface area contributed by atoms with E-state index in [9.17, 15) is 5.11 Å². The molecule has 12 atom stereocenters. The SMILES string of the molecule is CC(C)CCC[C@@H](C)[C@H]1CC[C@H]2[C@@H]3CC4(OCC(C)O4)[C@H]4C[C@@H](OCC(C)O)CC[C@]4(C)[C@H]3CC[C@]12C. The molecule has 1 N–H and O–H groups in total. The third-order valence-electron chi connectivity index (χ3n) is 12.4. The quantitative estimate of drug-likeness (QED) is 0.359. The first-order valence-electron chi connectivity index (χ1n) is 16.1. The molecule has 0 aromatic carbocycles. The molecule has 3 unspecified atom stereocenters. The van der Waals surface area contributed by atoms with E-state index in [4.69, 9.17) is 14.2 Å². The maximum atomic E-state index is 9.83. The molecule has 5 aliphatic rings. The van der Waals surface area contributed by atoms with Crippen LogP contribution in [-0.4, -0.2) is 42.4 Å². The van der Waals surface area contributed by atoms with Crippen LogP contribution in [0.5, 0.6) is 0 Å². The molecule has 0 aromatic rings. The molecule has 5 fully saturated rings. The van der Waals surface area contributed by atoms with E-state index in [2.05, 4.69) is 41.5 Å². The van der Waals surface area contributed by atoms with Gasteiger partial charge in [-0.25, -0.2) is 0 Å². The molecule has 4 saturated carbocycles. The van der Waals surface area contributed by atoms with Crippen LogP contribution in [0, 0.1) is 52.3 Å². The smallest absolute Gasteiger partial charge is 0.172 e. The van der Waals surface area contributed by atoms with Gasteiger partial charge in [-0.05, 0) is 105 Å². The zero-order valence-corrected chi connectivity index (χ0v) is 25.1. The Hall–Kier alpha value is -0.160. The predicted octanol–water partition coefficient (Wildman–Crippen LogP) is 7.62. The highest BCUT2D eigenvalue weighted by Gasteiger charge is 2.68. The van der Waals surface area contributed by atoms with Gasteiger partial charge in [-0.15, -0.1) is 0 Å². The van der Waals surface area contributed by atoms with Gasteiger partial charge in [0.15, 0.2) is 5.79 Å². The zero-order valence-electron chi connectivity index (χ0n) is 25.1. The van der Waals surface area contributed by atoms with Crippen molar-refractivity contribution in [3.05, 3.63) is 0 Å². The second kappa shape index (κ2) is 10.7. The maximum absolute atomic E-state index is 9.83. The van der Waals surface area contributed by atoms with Gasteiger partial charge in [0.2, 0.25) is 0 Å². The number of hydrogen-bond acceptors (Lipinski definition) is 4. The van der Waals surface area contributed by atoms with Crippen LogP contribution in [0.2, 0.25) is 0 Å². The highest BCUT2D eigenvalue weighted by Crippen LogP contribution is 2.71. The fourth-order valence-electron chi connectivity index (χ4n) is 10.7. The van der Waals surface area contributed by atoms with E-state index in [1.54, 1.807) is 0 Å². The lowest BCUT2D eigenvalue weighted by atomic mass is 9.43. The summed E-state index contributed by atoms with van der Waals surface area (Å²) in [7, 11) is 0. The summed E-state index contributed by atoms with van der Waals surface area (Å²) >= 11 is 0. The van der Waals surface area contributed by atoms with Gasteiger partial charge in [-0.2, -0.15) is 0 Å². The predicted molar refractivity (Wildman–Crippen MR) is 149 cm³/mol.